The van der Waals surface area contributed by atoms with Gasteiger partial charge in [-0.3, -0.25) is 4.99 Å². The molecular formula is C15H29IN4O. The number of hydrogen-bond donors (Lipinski definition) is 2. The van der Waals surface area contributed by atoms with Crippen molar-refractivity contribution in [1.82, 2.24) is 15.8 Å². The highest BCUT2D eigenvalue weighted by atomic mass is 127. The van der Waals surface area contributed by atoms with E-state index in [-0.39, 0.29) is 24.0 Å². The Morgan fingerprint density at radius 1 is 1.14 bits per heavy atom. The van der Waals surface area contributed by atoms with Gasteiger partial charge in [0.15, 0.2) is 5.96 Å². The van der Waals surface area contributed by atoms with Crippen molar-refractivity contribution in [3.63, 3.8) is 0 Å². The highest BCUT2D eigenvalue weighted by Gasteiger charge is 2.13. The van der Waals surface area contributed by atoms with Gasteiger partial charge >= 0.3 is 0 Å². The number of nitrogens with zero attached hydrogens (tertiary/aromatic N) is 2. The minimum absolute atomic E-state index is 0. The number of unbranched alkanes of at least 4 members (excludes halogenated alkanes) is 2. The Bertz CT molecular complexity index is 396. The maximum absolute atomic E-state index is 5.36. The lowest BCUT2D eigenvalue weighted by Crippen LogP contribution is -2.37. The van der Waals surface area contributed by atoms with Crippen molar-refractivity contribution in [3.8, 4) is 0 Å². The maximum Gasteiger partial charge on any atom is 0.191 e. The van der Waals surface area contributed by atoms with Gasteiger partial charge in [-0.05, 0) is 12.8 Å². The van der Waals surface area contributed by atoms with Gasteiger partial charge in [0.1, 0.15) is 5.76 Å². The van der Waals surface area contributed by atoms with Crippen LogP contribution in [0.2, 0.25) is 0 Å². The van der Waals surface area contributed by atoms with Crippen LogP contribution in [0, 0.1) is 0 Å². The molecule has 0 fully saturated rings. The van der Waals surface area contributed by atoms with E-state index in [1.807, 2.05) is 0 Å². The number of aromatic nitrogens is 1. The molecule has 0 aliphatic rings. The Morgan fingerprint density at radius 2 is 1.90 bits per heavy atom. The fourth-order valence-corrected chi connectivity index (χ4v) is 2.11. The largest absolute Gasteiger partial charge is 0.361 e. The van der Waals surface area contributed by atoms with E-state index in [0.29, 0.717) is 6.54 Å². The Hall–Kier alpha value is -0.790. The monoisotopic (exact) mass is 408 g/mol. The molecule has 21 heavy (non-hydrogen) atoms. The molecule has 1 heterocycles. The lowest BCUT2D eigenvalue weighted by molar-refractivity contribution is 0.380. The molecule has 0 aromatic carbocycles. The number of hydrogen-bond acceptors (Lipinski definition) is 3. The number of rotatable bonds is 8. The summed E-state index contributed by atoms with van der Waals surface area (Å²) in [7, 11) is 1.80. The zero-order chi connectivity index (χ0) is 14.8. The first kappa shape index (κ1) is 20.2. The van der Waals surface area contributed by atoms with Gasteiger partial charge in [-0.1, -0.05) is 38.8 Å². The van der Waals surface area contributed by atoms with Gasteiger partial charge in [0.2, 0.25) is 0 Å². The summed E-state index contributed by atoms with van der Waals surface area (Å²) in [4.78, 5) is 4.24. The third-order valence-electron chi connectivity index (χ3n) is 3.34. The number of guanidine groups is 1. The van der Waals surface area contributed by atoms with Gasteiger partial charge in [0.25, 0.3) is 0 Å². The SMILES string of the molecule is CCCCCNC(=NC)NCc1c(CC)noc1CC.I. The van der Waals surface area contributed by atoms with Gasteiger partial charge in [-0.2, -0.15) is 0 Å². The topological polar surface area (TPSA) is 62.5 Å². The molecular weight excluding hydrogens is 379 g/mol. The predicted octanol–water partition coefficient (Wildman–Crippen LogP) is 3.27. The molecule has 0 spiro atoms. The summed E-state index contributed by atoms with van der Waals surface area (Å²) < 4.78 is 5.36. The molecule has 0 atom stereocenters. The molecule has 2 N–H and O–H groups in total. The van der Waals surface area contributed by atoms with E-state index in [2.05, 4.69) is 41.6 Å². The number of aliphatic imine (C=N–C) groups is 1. The van der Waals surface area contributed by atoms with Crippen LogP contribution in [-0.2, 0) is 19.4 Å². The Kier molecular flexibility index (Phi) is 11.4. The van der Waals surface area contributed by atoms with Crippen LogP contribution in [-0.4, -0.2) is 24.7 Å². The van der Waals surface area contributed by atoms with Gasteiger partial charge < -0.3 is 15.2 Å². The van der Waals surface area contributed by atoms with Gasteiger partial charge in [-0.15, -0.1) is 24.0 Å². The number of halogens is 1. The molecule has 0 aliphatic carbocycles. The highest BCUT2D eigenvalue weighted by molar-refractivity contribution is 14.0. The second-order valence-corrected chi connectivity index (χ2v) is 4.80. The molecule has 0 saturated carbocycles. The van der Waals surface area contributed by atoms with Gasteiger partial charge in [0, 0.05) is 32.1 Å². The van der Waals surface area contributed by atoms with E-state index < -0.39 is 0 Å². The Morgan fingerprint density at radius 3 is 2.48 bits per heavy atom. The minimum atomic E-state index is 0. The molecule has 1 aromatic rings. The van der Waals surface area contributed by atoms with Crippen molar-refractivity contribution in [1.29, 1.82) is 0 Å². The van der Waals surface area contributed by atoms with E-state index in [9.17, 15) is 0 Å². The van der Waals surface area contributed by atoms with Crippen LogP contribution in [0.15, 0.2) is 9.52 Å². The second kappa shape index (κ2) is 11.8. The molecule has 5 nitrogen and oxygen atoms in total. The number of nitrogens with one attached hydrogen (secondary N) is 2. The summed E-state index contributed by atoms with van der Waals surface area (Å²) in [6.07, 6.45) is 5.41. The lowest BCUT2D eigenvalue weighted by Gasteiger charge is -2.11. The first-order chi connectivity index (χ1) is 9.76. The standard InChI is InChI=1S/C15H28N4O.HI/c1-5-8-9-10-17-15(16-4)18-11-12-13(6-2)19-20-14(12)7-3;/h5-11H2,1-4H3,(H2,16,17,18);1H. The normalized spacial score (nSPS) is 11.1. The smallest absolute Gasteiger partial charge is 0.191 e. The summed E-state index contributed by atoms with van der Waals surface area (Å²) in [5.74, 6) is 1.81. The Balaban J connectivity index is 0.00000400. The molecule has 0 radical (unpaired) electrons. The zero-order valence-corrected chi connectivity index (χ0v) is 16.0. The summed E-state index contributed by atoms with van der Waals surface area (Å²) in [5, 5.41) is 10.8. The van der Waals surface area contributed by atoms with Crippen LogP contribution in [0.1, 0.15) is 57.1 Å². The third-order valence-corrected chi connectivity index (χ3v) is 3.34. The van der Waals surface area contributed by atoms with E-state index in [1.165, 1.54) is 24.8 Å². The van der Waals surface area contributed by atoms with Crippen molar-refractivity contribution in [2.45, 2.75) is 59.4 Å². The predicted molar refractivity (Wildman–Crippen MR) is 98.4 cm³/mol. The van der Waals surface area contributed by atoms with Crippen molar-refractivity contribution in [2.24, 2.45) is 4.99 Å². The quantitative estimate of drug-likeness (QED) is 0.300. The van der Waals surface area contributed by atoms with E-state index >= 15 is 0 Å². The minimum Gasteiger partial charge on any atom is -0.361 e. The van der Waals surface area contributed by atoms with Crippen LogP contribution < -0.4 is 10.6 Å². The van der Waals surface area contributed by atoms with Crippen molar-refractivity contribution in [3.05, 3.63) is 17.0 Å². The van der Waals surface area contributed by atoms with Crippen LogP contribution in [0.25, 0.3) is 0 Å². The molecule has 0 saturated heterocycles. The van der Waals surface area contributed by atoms with E-state index in [4.69, 9.17) is 4.52 Å². The summed E-state index contributed by atoms with van der Waals surface area (Å²) in [6, 6.07) is 0. The average molecular weight is 408 g/mol. The first-order valence-electron chi connectivity index (χ1n) is 7.67. The lowest BCUT2D eigenvalue weighted by atomic mass is 10.1. The Labute approximate surface area is 145 Å². The molecule has 1 aromatic heterocycles. The average Bonchev–Trinajstić information content (AvgIpc) is 2.88. The molecule has 122 valence electrons. The van der Waals surface area contributed by atoms with E-state index in [0.717, 1.165) is 36.8 Å². The second-order valence-electron chi connectivity index (χ2n) is 4.80. The fourth-order valence-electron chi connectivity index (χ4n) is 2.11. The first-order valence-corrected chi connectivity index (χ1v) is 7.67. The van der Waals surface area contributed by atoms with Crippen molar-refractivity contribution < 1.29 is 4.52 Å². The highest BCUT2D eigenvalue weighted by Crippen LogP contribution is 2.15. The molecule has 0 bridgehead atoms. The summed E-state index contributed by atoms with van der Waals surface area (Å²) in [5.41, 5.74) is 2.21. The molecule has 0 unspecified atom stereocenters. The van der Waals surface area contributed by atoms with E-state index in [1.54, 1.807) is 7.05 Å². The molecule has 0 amide bonds. The maximum atomic E-state index is 5.36. The molecule has 6 heteroatoms. The molecule has 0 aliphatic heterocycles. The number of aryl methyl sites for hydroxylation is 2. The van der Waals surface area contributed by atoms with Crippen LogP contribution >= 0.6 is 24.0 Å². The van der Waals surface area contributed by atoms with Crippen LogP contribution in [0.4, 0.5) is 0 Å². The van der Waals surface area contributed by atoms with Gasteiger partial charge in [0.05, 0.1) is 5.69 Å². The molecule has 1 rings (SSSR count). The summed E-state index contributed by atoms with van der Waals surface area (Å²) >= 11 is 0. The van der Waals surface area contributed by atoms with Crippen LogP contribution in [0.5, 0.6) is 0 Å². The van der Waals surface area contributed by atoms with Crippen molar-refractivity contribution in [2.75, 3.05) is 13.6 Å². The summed E-state index contributed by atoms with van der Waals surface area (Å²) in [6.45, 7) is 8.05. The van der Waals surface area contributed by atoms with Crippen LogP contribution in [0.3, 0.4) is 0 Å². The third kappa shape index (κ3) is 6.67. The zero-order valence-electron chi connectivity index (χ0n) is 13.7. The van der Waals surface area contributed by atoms with Crippen molar-refractivity contribution >= 4 is 29.9 Å². The fraction of sp³-hybridized carbons (Fsp3) is 0.733. The van der Waals surface area contributed by atoms with Gasteiger partial charge in [-0.25, -0.2) is 0 Å².